The highest BCUT2D eigenvalue weighted by Gasteiger charge is 2.09. The molecule has 1 unspecified atom stereocenters. The van der Waals surface area contributed by atoms with Gasteiger partial charge in [-0.2, -0.15) is 0 Å². The van der Waals surface area contributed by atoms with E-state index in [4.69, 9.17) is 37.6 Å². The topological polar surface area (TPSA) is 247 Å². The van der Waals surface area contributed by atoms with E-state index in [9.17, 15) is 14.4 Å². The van der Waals surface area contributed by atoms with Crippen molar-refractivity contribution in [3.63, 3.8) is 0 Å². The molecule has 1 heterocycles. The molecule has 12 heteroatoms. The molecule has 0 spiro atoms. The van der Waals surface area contributed by atoms with Crippen LogP contribution in [0.1, 0.15) is 18.4 Å². The summed E-state index contributed by atoms with van der Waals surface area (Å²) in [6.45, 7) is 2.01. The first kappa shape index (κ1) is 26.4. The minimum Gasteiger partial charge on any atom is -0.480 e. The second kappa shape index (κ2) is 13.5. The van der Waals surface area contributed by atoms with E-state index in [1.807, 2.05) is 13.0 Å². The van der Waals surface area contributed by atoms with Gasteiger partial charge in [-0.15, -0.1) is 0 Å². The zero-order valence-corrected chi connectivity index (χ0v) is 16.6. The van der Waals surface area contributed by atoms with Crippen molar-refractivity contribution >= 4 is 34.6 Å². The zero-order chi connectivity index (χ0) is 23.3. The number of fused-ring (bicyclic) bond motifs is 1. The van der Waals surface area contributed by atoms with Crippen LogP contribution in [0.15, 0.2) is 38.5 Å². The van der Waals surface area contributed by atoms with E-state index in [0.717, 1.165) is 10.9 Å². The zero-order valence-electron chi connectivity index (χ0n) is 16.6. The Bertz CT molecular complexity index is 923. The molecule has 166 valence electrons. The van der Waals surface area contributed by atoms with Crippen LogP contribution < -0.4 is 34.3 Å². The lowest BCUT2D eigenvalue weighted by molar-refractivity contribution is -0.138. The summed E-state index contributed by atoms with van der Waals surface area (Å²) in [4.78, 5) is 34.1. The second-order valence-electron chi connectivity index (χ2n) is 6.00. The normalized spacial score (nSPS) is 10.6. The van der Waals surface area contributed by atoms with Gasteiger partial charge in [-0.05, 0) is 37.5 Å². The summed E-state index contributed by atoms with van der Waals surface area (Å²) >= 11 is 0. The number of hydrogen-bond acceptors (Lipinski definition) is 8. The van der Waals surface area contributed by atoms with E-state index < -0.39 is 18.0 Å². The number of benzene rings is 1. The van der Waals surface area contributed by atoms with Crippen LogP contribution >= 0.6 is 0 Å². The third-order valence-electron chi connectivity index (χ3n) is 3.43. The summed E-state index contributed by atoms with van der Waals surface area (Å²) in [5.74, 6) is -1.96. The third-order valence-corrected chi connectivity index (χ3v) is 3.43. The molecule has 0 bridgehead atoms. The molecule has 2 aromatic rings. The highest BCUT2D eigenvalue weighted by atomic mass is 16.4. The van der Waals surface area contributed by atoms with E-state index >= 15 is 0 Å². The maximum Gasteiger partial charge on any atom is 0.336 e. The number of hydrogen-bond donors (Lipinski definition) is 7. The lowest BCUT2D eigenvalue weighted by Gasteiger charge is -2.03. The highest BCUT2D eigenvalue weighted by Crippen LogP contribution is 2.18. The van der Waals surface area contributed by atoms with Gasteiger partial charge in [-0.3, -0.25) is 14.6 Å². The fourth-order valence-corrected chi connectivity index (χ4v) is 1.98. The average molecular weight is 424 g/mol. The number of aliphatic carboxylic acids is 2. The van der Waals surface area contributed by atoms with Gasteiger partial charge in [0.05, 0.1) is 6.54 Å². The van der Waals surface area contributed by atoms with Gasteiger partial charge in [0.25, 0.3) is 0 Å². The molecular formula is C18H28N6O6. The van der Waals surface area contributed by atoms with Gasteiger partial charge in [0, 0.05) is 29.8 Å². The summed E-state index contributed by atoms with van der Waals surface area (Å²) in [5.41, 5.74) is 27.2. The van der Waals surface area contributed by atoms with E-state index in [-0.39, 0.29) is 18.1 Å². The monoisotopic (exact) mass is 424 g/mol. The van der Waals surface area contributed by atoms with Gasteiger partial charge in [0.15, 0.2) is 5.96 Å². The molecule has 0 saturated carbocycles. The van der Waals surface area contributed by atoms with Crippen LogP contribution in [0.25, 0.3) is 11.0 Å². The van der Waals surface area contributed by atoms with Crippen molar-refractivity contribution in [2.75, 3.05) is 18.8 Å². The predicted octanol–water partition coefficient (Wildman–Crippen LogP) is -0.835. The Morgan fingerprint density at radius 2 is 1.80 bits per heavy atom. The Balaban J connectivity index is 0.000000462. The smallest absolute Gasteiger partial charge is 0.336 e. The molecule has 12 N–H and O–H groups in total. The number of carboxylic acids is 2. The molecule has 0 saturated heterocycles. The van der Waals surface area contributed by atoms with Crippen LogP contribution in [0.2, 0.25) is 0 Å². The van der Waals surface area contributed by atoms with E-state index in [0.29, 0.717) is 30.7 Å². The Morgan fingerprint density at radius 1 is 1.20 bits per heavy atom. The molecule has 1 atom stereocenters. The number of aliphatic imine (C=N–C) groups is 1. The number of nitrogen functional groups attached to an aromatic ring is 1. The lowest BCUT2D eigenvalue weighted by Crippen LogP contribution is -2.30. The Morgan fingerprint density at radius 3 is 2.30 bits per heavy atom. The molecule has 0 aliphatic heterocycles. The van der Waals surface area contributed by atoms with Crippen LogP contribution in [0.5, 0.6) is 0 Å². The summed E-state index contributed by atoms with van der Waals surface area (Å²) < 4.78 is 4.99. The first-order valence-corrected chi connectivity index (χ1v) is 8.73. The van der Waals surface area contributed by atoms with Crippen LogP contribution in [-0.2, 0) is 9.59 Å². The van der Waals surface area contributed by atoms with E-state index in [1.54, 1.807) is 12.1 Å². The first-order chi connectivity index (χ1) is 14.0. The quantitative estimate of drug-likeness (QED) is 0.0990. The number of carbonyl (C=O) groups is 2. The van der Waals surface area contributed by atoms with Crippen molar-refractivity contribution in [1.29, 1.82) is 0 Å². The summed E-state index contributed by atoms with van der Waals surface area (Å²) in [6.07, 6.45) is 0.956. The molecule has 0 radical (unpaired) electrons. The Kier molecular flexibility index (Phi) is 11.9. The number of aryl methyl sites for hydroxylation is 1. The number of nitrogens with two attached hydrogens (primary N) is 5. The average Bonchev–Trinajstić information content (AvgIpc) is 2.65. The predicted molar refractivity (Wildman–Crippen MR) is 114 cm³/mol. The first-order valence-electron chi connectivity index (χ1n) is 8.73. The molecule has 0 aliphatic carbocycles. The Hall–Kier alpha value is -3.64. The SMILES string of the molecule is Cc1cc(=O)oc2cc(N)ccc12.NC(N)=NCCCC(N)C(=O)O.NCC(=O)O. The molecule has 2 rings (SSSR count). The van der Waals surface area contributed by atoms with Crippen LogP contribution in [0.3, 0.4) is 0 Å². The summed E-state index contributed by atoms with van der Waals surface area (Å²) in [6, 6.07) is 5.94. The van der Waals surface area contributed by atoms with Gasteiger partial charge in [-0.25, -0.2) is 4.79 Å². The number of carboxylic acid groups (broad SMARTS) is 2. The van der Waals surface area contributed by atoms with Crippen molar-refractivity contribution in [2.24, 2.45) is 27.9 Å². The number of anilines is 1. The van der Waals surface area contributed by atoms with Crippen molar-refractivity contribution in [3.05, 3.63) is 40.2 Å². The van der Waals surface area contributed by atoms with E-state index in [1.165, 1.54) is 6.07 Å². The molecule has 12 nitrogen and oxygen atoms in total. The minimum absolute atomic E-state index is 0.0129. The summed E-state index contributed by atoms with van der Waals surface area (Å²) in [5, 5.41) is 16.9. The van der Waals surface area contributed by atoms with Crippen molar-refractivity contribution in [3.8, 4) is 0 Å². The van der Waals surface area contributed by atoms with Crippen LogP contribution in [0.4, 0.5) is 5.69 Å². The molecule has 0 fully saturated rings. The lowest BCUT2D eigenvalue weighted by atomic mass is 10.1. The largest absolute Gasteiger partial charge is 0.480 e. The Labute approximate surface area is 172 Å². The van der Waals surface area contributed by atoms with Crippen LogP contribution in [0, 0.1) is 6.92 Å². The number of rotatable bonds is 6. The minimum atomic E-state index is -1.00. The standard InChI is InChI=1S/C10H9NO2.C6H14N4O2.C2H5NO2/c1-6-4-10(12)13-9-5-7(11)2-3-8(6)9;7-4(5(11)12)2-1-3-10-6(8)9;3-1-2(4)5/h2-5H,11H2,1H3;4H,1-3,7H2,(H,11,12)(H4,8,9,10);1,3H2,(H,4,5). The molecule has 0 amide bonds. The van der Waals surface area contributed by atoms with Gasteiger partial charge < -0.3 is 43.3 Å². The summed E-state index contributed by atoms with van der Waals surface area (Å²) in [7, 11) is 0. The van der Waals surface area contributed by atoms with Crippen molar-refractivity contribution < 1.29 is 24.2 Å². The highest BCUT2D eigenvalue weighted by molar-refractivity contribution is 5.82. The third kappa shape index (κ3) is 11.3. The maximum atomic E-state index is 11.0. The van der Waals surface area contributed by atoms with E-state index in [2.05, 4.69) is 10.7 Å². The van der Waals surface area contributed by atoms with Crippen molar-refractivity contribution in [2.45, 2.75) is 25.8 Å². The molecular weight excluding hydrogens is 396 g/mol. The fourth-order valence-electron chi connectivity index (χ4n) is 1.98. The molecule has 0 aliphatic rings. The molecule has 1 aromatic heterocycles. The fraction of sp³-hybridized carbons (Fsp3) is 0.333. The van der Waals surface area contributed by atoms with Crippen LogP contribution in [-0.4, -0.2) is 47.2 Å². The maximum absolute atomic E-state index is 11.0. The number of nitrogens with zero attached hydrogens (tertiary/aromatic N) is 1. The molecule has 30 heavy (non-hydrogen) atoms. The van der Waals surface area contributed by atoms with Gasteiger partial charge in [-0.1, -0.05) is 0 Å². The second-order valence-corrected chi connectivity index (χ2v) is 6.00. The van der Waals surface area contributed by atoms with Gasteiger partial charge in [0.1, 0.15) is 11.6 Å². The molecule has 1 aromatic carbocycles. The number of guanidine groups is 1. The van der Waals surface area contributed by atoms with Gasteiger partial charge in [0.2, 0.25) is 0 Å². The van der Waals surface area contributed by atoms with Crippen molar-refractivity contribution in [1.82, 2.24) is 0 Å². The van der Waals surface area contributed by atoms with Gasteiger partial charge >= 0.3 is 17.6 Å².